The van der Waals surface area contributed by atoms with E-state index in [1.165, 1.54) is 6.08 Å². The van der Waals surface area contributed by atoms with Crippen molar-refractivity contribution in [2.75, 3.05) is 0 Å². The van der Waals surface area contributed by atoms with Gasteiger partial charge >= 0.3 is 6.09 Å². The first kappa shape index (κ1) is 32.4. The van der Waals surface area contributed by atoms with Crippen molar-refractivity contribution in [1.29, 1.82) is 0 Å². The summed E-state index contributed by atoms with van der Waals surface area (Å²) in [5.41, 5.74) is -0.541. The molecular formula is C36H41N5O5. The molecule has 46 heavy (non-hydrogen) atoms. The third kappa shape index (κ3) is 7.99. The van der Waals surface area contributed by atoms with Gasteiger partial charge in [-0.2, -0.15) is 4.98 Å². The van der Waals surface area contributed by atoms with Gasteiger partial charge in [0.1, 0.15) is 17.2 Å². The van der Waals surface area contributed by atoms with Crippen LogP contribution in [0.2, 0.25) is 0 Å². The van der Waals surface area contributed by atoms with Crippen LogP contribution in [0, 0.1) is 6.92 Å². The topological polar surface area (TPSA) is 135 Å². The van der Waals surface area contributed by atoms with Crippen LogP contribution in [-0.4, -0.2) is 45.2 Å². The molecule has 3 atom stereocenters. The molecule has 240 valence electrons. The summed E-state index contributed by atoms with van der Waals surface area (Å²) in [6, 6.07) is 22.9. The highest BCUT2D eigenvalue weighted by Gasteiger charge is 2.61. The number of hydrogen-bond donors (Lipinski definition) is 3. The van der Waals surface area contributed by atoms with Crippen molar-refractivity contribution < 1.29 is 23.6 Å². The van der Waals surface area contributed by atoms with Gasteiger partial charge in [-0.3, -0.25) is 9.59 Å². The zero-order valence-corrected chi connectivity index (χ0v) is 27.1. The second-order valence-electron chi connectivity index (χ2n) is 13.4. The van der Waals surface area contributed by atoms with E-state index in [-0.39, 0.29) is 18.2 Å². The fourth-order valence-electron chi connectivity index (χ4n) is 5.49. The molecule has 1 aliphatic rings. The van der Waals surface area contributed by atoms with Crippen LogP contribution < -0.4 is 16.0 Å². The summed E-state index contributed by atoms with van der Waals surface area (Å²) in [6.07, 6.45) is 3.09. The van der Waals surface area contributed by atoms with E-state index in [9.17, 15) is 14.4 Å². The molecule has 10 heteroatoms. The summed E-state index contributed by atoms with van der Waals surface area (Å²) in [7, 11) is 0. The Morgan fingerprint density at radius 2 is 1.70 bits per heavy atom. The van der Waals surface area contributed by atoms with Gasteiger partial charge in [0.15, 0.2) is 5.82 Å². The lowest BCUT2D eigenvalue weighted by molar-refractivity contribution is -0.128. The first-order valence-corrected chi connectivity index (χ1v) is 15.4. The number of carbonyl (C=O) groups is 3. The Hall–Kier alpha value is -4.99. The zero-order valence-electron chi connectivity index (χ0n) is 27.1. The summed E-state index contributed by atoms with van der Waals surface area (Å²) in [5, 5.41) is 14.9. The van der Waals surface area contributed by atoms with Crippen LogP contribution in [0.5, 0.6) is 0 Å². The SMILES string of the molecule is Cc1noc(C2(NC(=O)C(Cc3ccc4ccccc4c3)NC(=O)/C=C/C(C)(C)NC(=O)OC(C)(C)C)C[C@@H]2c2ccccc2)n1. The quantitative estimate of drug-likeness (QED) is 0.195. The summed E-state index contributed by atoms with van der Waals surface area (Å²) in [5.74, 6) is -0.142. The molecule has 0 spiro atoms. The number of aryl methyl sites for hydroxylation is 1. The zero-order chi connectivity index (χ0) is 33.1. The fourth-order valence-corrected chi connectivity index (χ4v) is 5.49. The molecule has 1 aromatic heterocycles. The largest absolute Gasteiger partial charge is 0.444 e. The van der Waals surface area contributed by atoms with Crippen LogP contribution in [0.25, 0.3) is 10.8 Å². The molecule has 1 saturated carbocycles. The summed E-state index contributed by atoms with van der Waals surface area (Å²) in [4.78, 5) is 44.2. The van der Waals surface area contributed by atoms with Gasteiger partial charge in [-0.15, -0.1) is 0 Å². The Bertz CT molecular complexity index is 1760. The molecule has 0 aliphatic heterocycles. The first-order valence-electron chi connectivity index (χ1n) is 15.4. The number of amides is 3. The normalized spacial score (nSPS) is 18.6. The summed E-state index contributed by atoms with van der Waals surface area (Å²) >= 11 is 0. The molecule has 0 radical (unpaired) electrons. The van der Waals surface area contributed by atoms with Crippen molar-refractivity contribution in [2.45, 2.75) is 83.0 Å². The number of fused-ring (bicyclic) bond motifs is 1. The van der Waals surface area contributed by atoms with Crippen molar-refractivity contribution in [3.63, 3.8) is 0 Å². The number of hydrogen-bond acceptors (Lipinski definition) is 7. The molecular weight excluding hydrogens is 582 g/mol. The average Bonchev–Trinajstić information content (AvgIpc) is 3.54. The maximum atomic E-state index is 14.1. The molecule has 2 unspecified atom stereocenters. The molecule has 3 aromatic carbocycles. The van der Waals surface area contributed by atoms with E-state index in [1.807, 2.05) is 72.8 Å². The van der Waals surface area contributed by atoms with Gasteiger partial charge in [-0.05, 0) is 69.9 Å². The van der Waals surface area contributed by atoms with Gasteiger partial charge in [-0.25, -0.2) is 4.79 Å². The molecule has 4 aromatic rings. The maximum Gasteiger partial charge on any atom is 0.408 e. The third-order valence-corrected chi connectivity index (χ3v) is 7.78. The molecule has 10 nitrogen and oxygen atoms in total. The number of nitrogens with zero attached hydrogens (tertiary/aromatic N) is 2. The molecule has 5 rings (SSSR count). The highest BCUT2D eigenvalue weighted by Crippen LogP contribution is 2.58. The Morgan fingerprint density at radius 1 is 1.00 bits per heavy atom. The average molecular weight is 624 g/mol. The van der Waals surface area contributed by atoms with Crippen molar-refractivity contribution in [3.8, 4) is 0 Å². The minimum absolute atomic E-state index is 0.0749. The lowest BCUT2D eigenvalue weighted by Gasteiger charge is -2.26. The van der Waals surface area contributed by atoms with E-state index in [1.54, 1.807) is 47.6 Å². The Labute approximate surface area is 269 Å². The van der Waals surface area contributed by atoms with E-state index in [0.29, 0.717) is 18.1 Å². The predicted molar refractivity (Wildman–Crippen MR) is 175 cm³/mol. The van der Waals surface area contributed by atoms with Gasteiger partial charge in [0.05, 0.1) is 5.54 Å². The van der Waals surface area contributed by atoms with Gasteiger partial charge < -0.3 is 25.2 Å². The van der Waals surface area contributed by atoms with Crippen LogP contribution in [0.4, 0.5) is 4.79 Å². The molecule has 1 fully saturated rings. The van der Waals surface area contributed by atoms with Crippen LogP contribution >= 0.6 is 0 Å². The van der Waals surface area contributed by atoms with Crippen molar-refractivity contribution in [2.24, 2.45) is 0 Å². The van der Waals surface area contributed by atoms with Gasteiger partial charge in [0, 0.05) is 18.4 Å². The number of carbonyl (C=O) groups excluding carboxylic acids is 3. The van der Waals surface area contributed by atoms with Crippen LogP contribution in [-0.2, 0) is 26.3 Å². The molecule has 1 aliphatic carbocycles. The monoisotopic (exact) mass is 623 g/mol. The number of benzene rings is 3. The van der Waals surface area contributed by atoms with Crippen molar-refractivity contribution >= 4 is 28.7 Å². The number of aromatic nitrogens is 2. The van der Waals surface area contributed by atoms with E-state index >= 15 is 0 Å². The lowest BCUT2D eigenvalue weighted by Crippen LogP contribution is -2.51. The molecule has 0 bridgehead atoms. The van der Waals surface area contributed by atoms with Gasteiger partial charge in [-0.1, -0.05) is 84.0 Å². The fraction of sp³-hybridized carbons (Fsp3) is 0.361. The Morgan fingerprint density at radius 3 is 2.37 bits per heavy atom. The van der Waals surface area contributed by atoms with E-state index in [0.717, 1.165) is 21.9 Å². The molecule has 1 heterocycles. The highest BCUT2D eigenvalue weighted by atomic mass is 16.6. The smallest absolute Gasteiger partial charge is 0.408 e. The van der Waals surface area contributed by atoms with Crippen molar-refractivity contribution in [3.05, 3.63) is 108 Å². The third-order valence-electron chi connectivity index (χ3n) is 7.78. The summed E-state index contributed by atoms with van der Waals surface area (Å²) in [6.45, 7) is 10.5. The second-order valence-corrected chi connectivity index (χ2v) is 13.4. The Kier molecular flexibility index (Phi) is 9.01. The Balaban J connectivity index is 1.38. The predicted octanol–water partition coefficient (Wildman–Crippen LogP) is 5.62. The van der Waals surface area contributed by atoms with Crippen LogP contribution in [0.1, 0.15) is 69.8 Å². The van der Waals surface area contributed by atoms with Crippen molar-refractivity contribution in [1.82, 2.24) is 26.1 Å². The number of ether oxygens (including phenoxy) is 1. The molecule has 3 N–H and O–H groups in total. The number of nitrogens with one attached hydrogen (secondary N) is 3. The highest BCUT2D eigenvalue weighted by molar-refractivity contribution is 5.94. The standard InChI is InChI=1S/C36H41N5O5/c1-23-37-32(46-41-23)36(22-28(36)26-13-8-7-9-14-26)39-31(43)29(21-24-16-17-25-12-10-11-15-27(25)20-24)38-30(42)18-19-35(5,6)40-33(44)45-34(2,3)4/h7-20,28-29H,21-22H2,1-6H3,(H,38,42)(H,39,43)(H,40,44)/b19-18+/t28-,29?,36?/m1/s1. The summed E-state index contributed by atoms with van der Waals surface area (Å²) < 4.78 is 10.9. The maximum absolute atomic E-state index is 14.1. The van der Waals surface area contributed by atoms with Gasteiger partial charge in [0.25, 0.3) is 5.89 Å². The molecule has 3 amide bonds. The van der Waals surface area contributed by atoms with E-state index < -0.39 is 34.7 Å². The number of alkyl carbamates (subject to hydrolysis) is 1. The van der Waals surface area contributed by atoms with E-state index in [2.05, 4.69) is 26.1 Å². The minimum Gasteiger partial charge on any atom is -0.444 e. The second kappa shape index (κ2) is 12.8. The molecule has 0 saturated heterocycles. The van der Waals surface area contributed by atoms with Crippen LogP contribution in [0.15, 0.2) is 89.5 Å². The first-order chi connectivity index (χ1) is 21.7. The van der Waals surface area contributed by atoms with Gasteiger partial charge in [0.2, 0.25) is 11.8 Å². The lowest BCUT2D eigenvalue weighted by atomic mass is 10.00. The number of rotatable bonds is 10. The minimum atomic E-state index is -0.932. The van der Waals surface area contributed by atoms with E-state index in [4.69, 9.17) is 9.26 Å². The van der Waals surface area contributed by atoms with Crippen LogP contribution in [0.3, 0.4) is 0 Å².